The van der Waals surface area contributed by atoms with Gasteiger partial charge in [0.1, 0.15) is 0 Å². The van der Waals surface area contributed by atoms with Gasteiger partial charge in [-0.2, -0.15) is 4.89 Å². The van der Waals surface area contributed by atoms with E-state index in [-0.39, 0.29) is 0 Å². The molecule has 0 aromatic heterocycles. The maximum absolute atomic E-state index is 10.0. The number of hydrogen-bond donors (Lipinski definition) is 1. The molecule has 0 aromatic carbocycles. The molecular weight excluding hydrogens is 120 g/mol. The molecule has 1 heterocycles. The van der Waals surface area contributed by atoms with Crippen LogP contribution >= 0.6 is 12.6 Å². The first-order valence-electron chi connectivity index (χ1n) is 1.52. The van der Waals surface area contributed by atoms with Gasteiger partial charge in [-0.3, -0.25) is 4.89 Å². The van der Waals surface area contributed by atoms with Crippen molar-refractivity contribution in [3.8, 4) is 0 Å². The minimum atomic E-state index is -0.875. The van der Waals surface area contributed by atoms with Gasteiger partial charge in [0.05, 0.1) is 0 Å². The van der Waals surface area contributed by atoms with E-state index in [0.29, 0.717) is 0 Å². The topological polar surface area (TPSA) is 44.8 Å². The molecule has 5 heteroatoms. The molecule has 0 saturated carbocycles. The Labute approximate surface area is 44.6 Å². The highest BCUT2D eigenvalue weighted by Gasteiger charge is 2.26. The summed E-state index contributed by atoms with van der Waals surface area (Å²) in [5, 5.41) is 3.74. The summed E-state index contributed by atoms with van der Waals surface area (Å²) in [7, 11) is 0. The zero-order valence-corrected chi connectivity index (χ0v) is 4.05. The molecule has 0 N–H and O–H groups in total. The smallest absolute Gasteiger partial charge is 0.265 e. The predicted molar refractivity (Wildman–Crippen MR) is 21.0 cm³/mol. The van der Waals surface area contributed by atoms with Crippen LogP contribution in [0.25, 0.3) is 0 Å². The first-order valence-corrected chi connectivity index (χ1v) is 2.04. The van der Waals surface area contributed by atoms with Gasteiger partial charge in [0.2, 0.25) is 5.44 Å². The standard InChI is InChI=1S/C2H2O4S/c3-1-2(7)5-6-4-1/h2,7H. The third-order valence-electron chi connectivity index (χ3n) is 0.448. The average Bonchev–Trinajstić information content (AvgIpc) is 1.91. The fourth-order valence-electron chi connectivity index (χ4n) is 0.171. The first kappa shape index (κ1) is 4.89. The number of hydrogen-bond acceptors (Lipinski definition) is 5. The Kier molecular flexibility index (Phi) is 1.18. The molecule has 7 heavy (non-hydrogen) atoms. The molecule has 0 radical (unpaired) electrons. The van der Waals surface area contributed by atoms with Crippen LogP contribution in [0.4, 0.5) is 0 Å². The van der Waals surface area contributed by atoms with Crippen molar-refractivity contribution in [1.82, 2.24) is 0 Å². The monoisotopic (exact) mass is 122 g/mol. The number of carbonyl (C=O) groups excluding carboxylic acids is 1. The van der Waals surface area contributed by atoms with Crippen LogP contribution in [0.15, 0.2) is 0 Å². The Morgan fingerprint density at radius 3 is 2.57 bits per heavy atom. The second-order valence-electron chi connectivity index (χ2n) is 0.919. The molecule has 0 bridgehead atoms. The quantitative estimate of drug-likeness (QED) is 0.352. The van der Waals surface area contributed by atoms with Gasteiger partial charge in [0.15, 0.2) is 0 Å². The van der Waals surface area contributed by atoms with E-state index in [1.807, 2.05) is 0 Å². The third kappa shape index (κ3) is 0.846. The van der Waals surface area contributed by atoms with Crippen LogP contribution in [0, 0.1) is 0 Å². The van der Waals surface area contributed by atoms with E-state index in [9.17, 15) is 4.79 Å². The van der Waals surface area contributed by atoms with Crippen molar-refractivity contribution in [1.29, 1.82) is 0 Å². The van der Waals surface area contributed by atoms with Gasteiger partial charge in [0.25, 0.3) is 0 Å². The molecule has 1 atom stereocenters. The van der Waals surface area contributed by atoms with E-state index < -0.39 is 11.4 Å². The highest BCUT2D eigenvalue weighted by molar-refractivity contribution is 7.81. The van der Waals surface area contributed by atoms with Crippen LogP contribution in [0.3, 0.4) is 0 Å². The molecular formula is C2H2O4S. The van der Waals surface area contributed by atoms with Crippen LogP contribution in [-0.4, -0.2) is 11.4 Å². The van der Waals surface area contributed by atoms with Crippen molar-refractivity contribution in [2.45, 2.75) is 5.44 Å². The molecule has 1 aliphatic rings. The maximum Gasteiger partial charge on any atom is 0.387 e. The molecule has 0 amide bonds. The molecule has 4 nitrogen and oxygen atoms in total. The summed E-state index contributed by atoms with van der Waals surface area (Å²) < 4.78 is 0. The second-order valence-corrected chi connectivity index (χ2v) is 1.39. The zero-order chi connectivity index (χ0) is 5.28. The molecule has 1 saturated heterocycles. The summed E-state index contributed by atoms with van der Waals surface area (Å²) in [4.78, 5) is 17.9. The van der Waals surface area contributed by atoms with Crippen molar-refractivity contribution in [2.24, 2.45) is 0 Å². The van der Waals surface area contributed by atoms with Gasteiger partial charge in [-0.15, -0.1) is 12.6 Å². The highest BCUT2D eigenvalue weighted by atomic mass is 32.1. The Balaban J connectivity index is 2.48. The largest absolute Gasteiger partial charge is 0.387 e. The number of thiol groups is 1. The molecule has 1 unspecified atom stereocenters. The third-order valence-corrected chi connectivity index (χ3v) is 0.745. The van der Waals surface area contributed by atoms with Crippen molar-refractivity contribution >= 4 is 18.6 Å². The normalized spacial score (nSPS) is 30.4. The Bertz CT molecular complexity index is 91.7. The van der Waals surface area contributed by atoms with Gasteiger partial charge >= 0.3 is 5.97 Å². The zero-order valence-electron chi connectivity index (χ0n) is 3.16. The average molecular weight is 122 g/mol. The minimum absolute atomic E-state index is 0.622. The predicted octanol–water partition coefficient (Wildman–Crippen LogP) is -0.338. The summed E-state index contributed by atoms with van der Waals surface area (Å²) in [6.45, 7) is 0. The fraction of sp³-hybridized carbons (Fsp3) is 0.500. The van der Waals surface area contributed by atoms with Crippen molar-refractivity contribution in [3.63, 3.8) is 0 Å². The van der Waals surface area contributed by atoms with Gasteiger partial charge in [0, 0.05) is 0 Å². The lowest BCUT2D eigenvalue weighted by atomic mass is 10.7. The van der Waals surface area contributed by atoms with E-state index in [4.69, 9.17) is 0 Å². The lowest BCUT2D eigenvalue weighted by Crippen LogP contribution is -2.06. The minimum Gasteiger partial charge on any atom is -0.265 e. The van der Waals surface area contributed by atoms with E-state index >= 15 is 0 Å². The highest BCUT2D eigenvalue weighted by Crippen LogP contribution is 2.08. The van der Waals surface area contributed by atoms with Gasteiger partial charge in [-0.05, 0) is 5.04 Å². The Morgan fingerprint density at radius 1 is 1.71 bits per heavy atom. The van der Waals surface area contributed by atoms with E-state index in [1.165, 1.54) is 0 Å². The summed E-state index contributed by atoms with van der Waals surface area (Å²) in [6.07, 6.45) is 0. The molecule has 1 aliphatic heterocycles. The summed E-state index contributed by atoms with van der Waals surface area (Å²) in [5.41, 5.74) is -0.875. The van der Waals surface area contributed by atoms with Gasteiger partial charge in [-0.1, -0.05) is 0 Å². The maximum atomic E-state index is 10.0. The molecule has 1 rings (SSSR count). The van der Waals surface area contributed by atoms with Crippen LogP contribution < -0.4 is 0 Å². The SMILES string of the molecule is O=C1OOOC1S. The summed E-state index contributed by atoms with van der Waals surface area (Å²) in [6, 6.07) is 0. The number of carbonyl (C=O) groups is 1. The Hall–Kier alpha value is -0.260. The van der Waals surface area contributed by atoms with Crippen LogP contribution in [0.5, 0.6) is 0 Å². The van der Waals surface area contributed by atoms with Gasteiger partial charge in [-0.25, -0.2) is 4.79 Å². The van der Waals surface area contributed by atoms with Crippen LogP contribution in [0.2, 0.25) is 0 Å². The fourth-order valence-corrected chi connectivity index (χ4v) is 0.249. The first-order chi connectivity index (χ1) is 3.30. The van der Waals surface area contributed by atoms with E-state index in [2.05, 4.69) is 27.4 Å². The van der Waals surface area contributed by atoms with Crippen LogP contribution in [-0.2, 0) is 19.6 Å². The molecule has 0 aliphatic carbocycles. The van der Waals surface area contributed by atoms with Gasteiger partial charge < -0.3 is 0 Å². The van der Waals surface area contributed by atoms with Crippen molar-refractivity contribution in [2.75, 3.05) is 0 Å². The van der Waals surface area contributed by atoms with E-state index in [0.717, 1.165) is 0 Å². The summed E-state index contributed by atoms with van der Waals surface area (Å²) in [5.74, 6) is -0.622. The number of rotatable bonds is 0. The Morgan fingerprint density at radius 2 is 2.43 bits per heavy atom. The second kappa shape index (κ2) is 1.69. The van der Waals surface area contributed by atoms with Crippen LogP contribution in [0.1, 0.15) is 0 Å². The summed E-state index contributed by atoms with van der Waals surface area (Å²) >= 11 is 3.57. The molecule has 1 fully saturated rings. The van der Waals surface area contributed by atoms with Crippen molar-refractivity contribution < 1.29 is 19.6 Å². The van der Waals surface area contributed by atoms with E-state index in [1.54, 1.807) is 0 Å². The van der Waals surface area contributed by atoms with Crippen molar-refractivity contribution in [3.05, 3.63) is 0 Å². The molecule has 40 valence electrons. The molecule has 0 spiro atoms. The lowest BCUT2D eigenvalue weighted by Gasteiger charge is -1.81. The lowest BCUT2D eigenvalue weighted by molar-refractivity contribution is -0.444. The molecule has 0 aromatic rings.